The maximum Gasteiger partial charge on any atom is 0.118 e. The van der Waals surface area contributed by atoms with Gasteiger partial charge in [0.15, 0.2) is 0 Å². The lowest BCUT2D eigenvalue weighted by Gasteiger charge is -2.21. The lowest BCUT2D eigenvalue weighted by atomic mass is 9.96. The van der Waals surface area contributed by atoms with Crippen LogP contribution < -0.4 is 10.1 Å². The number of ether oxygens (including phenoxy) is 1. The van der Waals surface area contributed by atoms with E-state index in [1.165, 1.54) is 31.2 Å². The zero-order chi connectivity index (χ0) is 13.2. The topological polar surface area (TPSA) is 21.3 Å². The highest BCUT2D eigenvalue weighted by molar-refractivity contribution is 5.31. The molecule has 0 saturated heterocycles. The van der Waals surface area contributed by atoms with E-state index in [0.717, 1.165) is 30.0 Å². The monoisotopic (exact) mass is 259 g/mol. The fraction of sp³-hybridized carbons (Fsp3) is 0.647. The molecule has 0 bridgehead atoms. The molecule has 2 aliphatic carbocycles. The summed E-state index contributed by atoms with van der Waals surface area (Å²) >= 11 is 0. The van der Waals surface area contributed by atoms with Gasteiger partial charge in [-0.25, -0.2) is 0 Å². The van der Waals surface area contributed by atoms with Crippen LogP contribution in [0.15, 0.2) is 24.3 Å². The molecule has 19 heavy (non-hydrogen) atoms. The third-order valence-electron chi connectivity index (χ3n) is 4.95. The van der Waals surface area contributed by atoms with Crippen LogP contribution in [0.4, 0.5) is 0 Å². The van der Waals surface area contributed by atoms with E-state index >= 15 is 0 Å². The Labute approximate surface area is 116 Å². The Morgan fingerprint density at radius 2 is 1.89 bits per heavy atom. The van der Waals surface area contributed by atoms with Crippen molar-refractivity contribution in [1.82, 2.24) is 5.32 Å². The molecule has 1 aromatic carbocycles. The van der Waals surface area contributed by atoms with E-state index in [1.807, 2.05) is 0 Å². The Morgan fingerprint density at radius 1 is 1.21 bits per heavy atom. The van der Waals surface area contributed by atoms with Crippen LogP contribution >= 0.6 is 0 Å². The van der Waals surface area contributed by atoms with Gasteiger partial charge in [-0.2, -0.15) is 0 Å². The zero-order valence-corrected chi connectivity index (χ0v) is 12.1. The molecule has 1 aromatic rings. The Balaban J connectivity index is 1.74. The standard InChI is InChI=1S/C17H25NO/c1-3-11-18-17(16-14-5-4-6-15(14)16)12-7-9-13(19-2)10-8-12/h7-10,14-18H,3-6,11H2,1-2H3. The van der Waals surface area contributed by atoms with Crippen molar-refractivity contribution < 1.29 is 4.74 Å². The molecule has 0 spiro atoms. The van der Waals surface area contributed by atoms with E-state index in [4.69, 9.17) is 4.74 Å². The van der Waals surface area contributed by atoms with Gasteiger partial charge in [0.25, 0.3) is 0 Å². The van der Waals surface area contributed by atoms with Crippen LogP contribution in [0, 0.1) is 17.8 Å². The molecule has 0 amide bonds. The van der Waals surface area contributed by atoms with Gasteiger partial charge in [0.2, 0.25) is 0 Å². The van der Waals surface area contributed by atoms with Gasteiger partial charge in [-0.15, -0.1) is 0 Å². The van der Waals surface area contributed by atoms with E-state index in [2.05, 4.69) is 36.5 Å². The van der Waals surface area contributed by atoms with Crippen molar-refractivity contribution in [2.24, 2.45) is 17.8 Å². The highest BCUT2D eigenvalue weighted by Crippen LogP contribution is 2.62. The van der Waals surface area contributed by atoms with Crippen molar-refractivity contribution in [3.63, 3.8) is 0 Å². The molecule has 104 valence electrons. The quantitative estimate of drug-likeness (QED) is 0.839. The average Bonchev–Trinajstić information content (AvgIpc) is 2.92. The lowest BCUT2D eigenvalue weighted by Crippen LogP contribution is -2.25. The molecular weight excluding hydrogens is 234 g/mol. The minimum Gasteiger partial charge on any atom is -0.497 e. The summed E-state index contributed by atoms with van der Waals surface area (Å²) in [5.74, 6) is 3.83. The summed E-state index contributed by atoms with van der Waals surface area (Å²) in [6.45, 7) is 3.36. The van der Waals surface area contributed by atoms with E-state index in [1.54, 1.807) is 7.11 Å². The maximum atomic E-state index is 5.26. The van der Waals surface area contributed by atoms with E-state index in [0.29, 0.717) is 6.04 Å². The second-order valence-electron chi connectivity index (χ2n) is 6.04. The van der Waals surface area contributed by atoms with E-state index < -0.39 is 0 Å². The zero-order valence-electron chi connectivity index (χ0n) is 12.1. The third-order valence-corrected chi connectivity index (χ3v) is 4.95. The first kappa shape index (κ1) is 13.0. The number of nitrogens with one attached hydrogen (secondary N) is 1. The Bertz CT molecular complexity index is 404. The summed E-state index contributed by atoms with van der Waals surface area (Å²) in [6.07, 6.45) is 5.56. The number of hydrogen-bond donors (Lipinski definition) is 1. The molecule has 1 N–H and O–H groups in total. The SMILES string of the molecule is CCCNC(c1ccc(OC)cc1)C1C2CCCC21. The van der Waals surface area contributed by atoms with Crippen LogP contribution in [0.5, 0.6) is 5.75 Å². The molecule has 2 heteroatoms. The minimum absolute atomic E-state index is 0.557. The molecule has 0 aromatic heterocycles. The largest absolute Gasteiger partial charge is 0.497 e. The first-order chi connectivity index (χ1) is 9.35. The summed E-state index contributed by atoms with van der Waals surface area (Å²) in [5, 5.41) is 3.77. The predicted octanol–water partition coefficient (Wildman–Crippen LogP) is 3.78. The lowest BCUT2D eigenvalue weighted by molar-refractivity contribution is 0.408. The number of hydrogen-bond acceptors (Lipinski definition) is 2. The fourth-order valence-electron chi connectivity index (χ4n) is 3.96. The van der Waals surface area contributed by atoms with Gasteiger partial charge in [-0.3, -0.25) is 0 Å². The Hall–Kier alpha value is -1.02. The molecule has 0 aliphatic heterocycles. The molecule has 0 radical (unpaired) electrons. The molecule has 3 unspecified atom stereocenters. The molecule has 2 saturated carbocycles. The summed E-state index contributed by atoms with van der Waals surface area (Å²) in [6, 6.07) is 9.21. The van der Waals surface area contributed by atoms with Crippen LogP contribution in [-0.2, 0) is 0 Å². The van der Waals surface area contributed by atoms with Gasteiger partial charge in [0, 0.05) is 6.04 Å². The number of fused-ring (bicyclic) bond motifs is 1. The second-order valence-corrected chi connectivity index (χ2v) is 6.04. The Kier molecular flexibility index (Phi) is 3.79. The van der Waals surface area contributed by atoms with Crippen molar-refractivity contribution in [2.45, 2.75) is 38.6 Å². The van der Waals surface area contributed by atoms with Crippen molar-refractivity contribution in [3.8, 4) is 5.75 Å². The molecule has 2 nitrogen and oxygen atoms in total. The predicted molar refractivity (Wildman–Crippen MR) is 78.3 cm³/mol. The number of methoxy groups -OCH3 is 1. The van der Waals surface area contributed by atoms with Gasteiger partial charge in [0.1, 0.15) is 5.75 Å². The summed E-state index contributed by atoms with van der Waals surface area (Å²) in [4.78, 5) is 0. The summed E-state index contributed by atoms with van der Waals surface area (Å²) in [7, 11) is 1.73. The first-order valence-electron chi connectivity index (χ1n) is 7.72. The molecule has 2 fully saturated rings. The van der Waals surface area contributed by atoms with Gasteiger partial charge >= 0.3 is 0 Å². The molecular formula is C17H25NO. The van der Waals surface area contributed by atoms with Crippen LogP contribution in [0.2, 0.25) is 0 Å². The van der Waals surface area contributed by atoms with E-state index in [9.17, 15) is 0 Å². The van der Waals surface area contributed by atoms with Gasteiger partial charge in [-0.05, 0) is 61.3 Å². The normalized spacial score (nSPS) is 29.9. The minimum atomic E-state index is 0.557. The molecule has 0 heterocycles. The van der Waals surface area contributed by atoms with Crippen LogP contribution in [-0.4, -0.2) is 13.7 Å². The van der Waals surface area contributed by atoms with Gasteiger partial charge < -0.3 is 10.1 Å². The van der Waals surface area contributed by atoms with Gasteiger partial charge in [-0.1, -0.05) is 25.5 Å². The smallest absolute Gasteiger partial charge is 0.118 e. The highest BCUT2D eigenvalue weighted by Gasteiger charge is 2.55. The summed E-state index contributed by atoms with van der Waals surface area (Å²) in [5.41, 5.74) is 1.44. The van der Waals surface area contributed by atoms with Crippen molar-refractivity contribution in [3.05, 3.63) is 29.8 Å². The molecule has 2 aliphatic rings. The highest BCUT2D eigenvalue weighted by atomic mass is 16.5. The molecule has 3 atom stereocenters. The second kappa shape index (κ2) is 5.54. The van der Waals surface area contributed by atoms with E-state index in [-0.39, 0.29) is 0 Å². The average molecular weight is 259 g/mol. The van der Waals surface area contributed by atoms with Crippen LogP contribution in [0.1, 0.15) is 44.2 Å². The Morgan fingerprint density at radius 3 is 2.47 bits per heavy atom. The van der Waals surface area contributed by atoms with Crippen LogP contribution in [0.25, 0.3) is 0 Å². The van der Waals surface area contributed by atoms with Gasteiger partial charge in [0.05, 0.1) is 7.11 Å². The molecule has 3 rings (SSSR count). The van der Waals surface area contributed by atoms with Crippen molar-refractivity contribution in [1.29, 1.82) is 0 Å². The maximum absolute atomic E-state index is 5.26. The summed E-state index contributed by atoms with van der Waals surface area (Å²) < 4.78 is 5.26. The third kappa shape index (κ3) is 2.51. The van der Waals surface area contributed by atoms with Crippen molar-refractivity contribution >= 4 is 0 Å². The van der Waals surface area contributed by atoms with Crippen LogP contribution in [0.3, 0.4) is 0 Å². The van der Waals surface area contributed by atoms with Crippen molar-refractivity contribution in [2.75, 3.05) is 13.7 Å². The first-order valence-corrected chi connectivity index (χ1v) is 7.72. The number of benzene rings is 1. The number of rotatable bonds is 6. The fourth-order valence-corrected chi connectivity index (χ4v) is 3.96.